The van der Waals surface area contributed by atoms with E-state index >= 15 is 0 Å². The second kappa shape index (κ2) is 5.86. The number of hydrogen-bond donors (Lipinski definition) is 1. The molecule has 0 saturated carbocycles. The third-order valence-corrected chi connectivity index (χ3v) is 2.54. The van der Waals surface area contributed by atoms with Gasteiger partial charge in [0.2, 0.25) is 0 Å². The number of carbonyl (C=O) groups is 1. The van der Waals surface area contributed by atoms with E-state index in [2.05, 4.69) is 0 Å². The van der Waals surface area contributed by atoms with Gasteiger partial charge in [0, 0.05) is 6.54 Å². The number of carboxylic acids is 1. The molecule has 0 aliphatic carbocycles. The summed E-state index contributed by atoms with van der Waals surface area (Å²) in [6.07, 6.45) is -5.31. The van der Waals surface area contributed by atoms with E-state index in [1.807, 2.05) is 0 Å². The molecule has 1 atom stereocenters. The Morgan fingerprint density at radius 3 is 2.33 bits per heavy atom. The Balaban J connectivity index is 2.77. The average molecular weight is 261 g/mol. The molecular formula is C12H14F3NO2. The molecule has 6 heteroatoms. The molecule has 0 spiro atoms. The molecule has 1 rings (SSSR count). The van der Waals surface area contributed by atoms with Gasteiger partial charge in [-0.2, -0.15) is 13.2 Å². The quantitative estimate of drug-likeness (QED) is 0.886. The van der Waals surface area contributed by atoms with Crippen molar-refractivity contribution in [3.8, 4) is 0 Å². The van der Waals surface area contributed by atoms with Crippen LogP contribution in [0.5, 0.6) is 0 Å². The number of carboxylic acid groups (broad SMARTS) is 1. The van der Waals surface area contributed by atoms with Crippen LogP contribution in [0.2, 0.25) is 0 Å². The summed E-state index contributed by atoms with van der Waals surface area (Å²) in [7, 11) is 1.37. The highest BCUT2D eigenvalue weighted by molar-refractivity contribution is 5.75. The first-order chi connectivity index (χ1) is 8.31. The van der Waals surface area contributed by atoms with Gasteiger partial charge in [0.1, 0.15) is 6.04 Å². The van der Waals surface area contributed by atoms with Crippen molar-refractivity contribution in [2.75, 3.05) is 13.6 Å². The lowest BCUT2D eigenvalue weighted by Gasteiger charge is -2.25. The van der Waals surface area contributed by atoms with Crippen LogP contribution in [-0.2, 0) is 4.79 Å². The second-order valence-electron chi connectivity index (χ2n) is 4.00. The Morgan fingerprint density at radius 2 is 1.89 bits per heavy atom. The summed E-state index contributed by atoms with van der Waals surface area (Å²) in [5.41, 5.74) is 0.467. The SMILES string of the molecule is CN(CCC(F)(F)F)C(C(=O)O)c1ccccc1. The summed E-state index contributed by atoms with van der Waals surface area (Å²) in [4.78, 5) is 12.3. The number of benzene rings is 1. The maximum absolute atomic E-state index is 12.1. The smallest absolute Gasteiger partial charge is 0.390 e. The Hall–Kier alpha value is -1.56. The van der Waals surface area contributed by atoms with Gasteiger partial charge in [-0.15, -0.1) is 0 Å². The van der Waals surface area contributed by atoms with E-state index in [4.69, 9.17) is 5.11 Å². The van der Waals surface area contributed by atoms with Crippen LogP contribution in [-0.4, -0.2) is 35.7 Å². The molecule has 0 heterocycles. The van der Waals surface area contributed by atoms with Crippen molar-refractivity contribution in [2.24, 2.45) is 0 Å². The monoisotopic (exact) mass is 261 g/mol. The summed E-state index contributed by atoms with van der Waals surface area (Å²) < 4.78 is 36.3. The van der Waals surface area contributed by atoms with Crippen molar-refractivity contribution in [1.29, 1.82) is 0 Å². The molecule has 1 aromatic carbocycles. The van der Waals surface area contributed by atoms with Gasteiger partial charge in [-0.1, -0.05) is 30.3 Å². The Morgan fingerprint density at radius 1 is 1.33 bits per heavy atom. The zero-order chi connectivity index (χ0) is 13.8. The van der Waals surface area contributed by atoms with Crippen molar-refractivity contribution in [1.82, 2.24) is 4.90 Å². The molecule has 0 aliphatic heterocycles. The van der Waals surface area contributed by atoms with Crippen LogP contribution in [0.25, 0.3) is 0 Å². The molecule has 0 saturated heterocycles. The highest BCUT2D eigenvalue weighted by Gasteiger charge is 2.31. The fraction of sp³-hybridized carbons (Fsp3) is 0.417. The van der Waals surface area contributed by atoms with E-state index in [0.29, 0.717) is 5.56 Å². The van der Waals surface area contributed by atoms with Crippen molar-refractivity contribution >= 4 is 5.97 Å². The topological polar surface area (TPSA) is 40.5 Å². The number of rotatable bonds is 5. The van der Waals surface area contributed by atoms with E-state index < -0.39 is 24.6 Å². The van der Waals surface area contributed by atoms with Crippen LogP contribution >= 0.6 is 0 Å². The van der Waals surface area contributed by atoms with Crippen LogP contribution in [0.15, 0.2) is 30.3 Å². The van der Waals surface area contributed by atoms with E-state index in [-0.39, 0.29) is 6.54 Å². The average Bonchev–Trinajstić information content (AvgIpc) is 2.26. The Labute approximate surface area is 103 Å². The van der Waals surface area contributed by atoms with Gasteiger partial charge in [-0.25, -0.2) is 0 Å². The van der Waals surface area contributed by atoms with Crippen LogP contribution in [0, 0.1) is 0 Å². The molecule has 0 fully saturated rings. The summed E-state index contributed by atoms with van der Waals surface area (Å²) in [5.74, 6) is -1.16. The highest BCUT2D eigenvalue weighted by Crippen LogP contribution is 2.24. The van der Waals surface area contributed by atoms with Crippen molar-refractivity contribution in [2.45, 2.75) is 18.6 Å². The highest BCUT2D eigenvalue weighted by atomic mass is 19.4. The van der Waals surface area contributed by atoms with Gasteiger partial charge in [0.25, 0.3) is 0 Å². The Bertz CT molecular complexity index is 392. The predicted molar refractivity (Wildman–Crippen MR) is 60.1 cm³/mol. The molecule has 0 aliphatic rings. The van der Waals surface area contributed by atoms with Gasteiger partial charge < -0.3 is 5.11 Å². The summed E-state index contributed by atoms with van der Waals surface area (Å²) in [5, 5.41) is 9.10. The molecule has 0 radical (unpaired) electrons. The first kappa shape index (κ1) is 14.5. The summed E-state index contributed by atoms with van der Waals surface area (Å²) >= 11 is 0. The van der Waals surface area contributed by atoms with Crippen molar-refractivity contribution in [3.63, 3.8) is 0 Å². The van der Waals surface area contributed by atoms with Crippen molar-refractivity contribution in [3.05, 3.63) is 35.9 Å². The van der Waals surface area contributed by atoms with E-state index in [0.717, 1.165) is 0 Å². The number of alkyl halides is 3. The van der Waals surface area contributed by atoms with Gasteiger partial charge >= 0.3 is 12.1 Å². The normalized spacial score (nSPS) is 13.6. The molecule has 1 aromatic rings. The van der Waals surface area contributed by atoms with E-state index in [1.165, 1.54) is 11.9 Å². The molecule has 3 nitrogen and oxygen atoms in total. The standard InChI is InChI=1S/C12H14F3NO2/c1-16(8-7-12(13,14)15)10(11(17)18)9-5-3-2-4-6-9/h2-6,10H,7-8H2,1H3,(H,17,18). The maximum Gasteiger partial charge on any atom is 0.390 e. The molecule has 100 valence electrons. The second-order valence-corrected chi connectivity index (χ2v) is 4.00. The molecule has 0 aromatic heterocycles. The lowest BCUT2D eigenvalue weighted by atomic mass is 10.1. The third kappa shape index (κ3) is 4.37. The van der Waals surface area contributed by atoms with Gasteiger partial charge in [0.05, 0.1) is 6.42 Å². The van der Waals surface area contributed by atoms with E-state index in [1.54, 1.807) is 30.3 Å². The third-order valence-electron chi connectivity index (χ3n) is 2.54. The Kier molecular flexibility index (Phi) is 4.72. The van der Waals surface area contributed by atoms with Gasteiger partial charge in [-0.05, 0) is 12.6 Å². The minimum atomic E-state index is -4.28. The van der Waals surface area contributed by atoms with Crippen LogP contribution in [0.3, 0.4) is 0 Å². The first-order valence-corrected chi connectivity index (χ1v) is 5.36. The number of hydrogen-bond acceptors (Lipinski definition) is 2. The molecule has 0 amide bonds. The molecule has 1 unspecified atom stereocenters. The first-order valence-electron chi connectivity index (χ1n) is 5.36. The number of nitrogens with zero attached hydrogens (tertiary/aromatic N) is 1. The zero-order valence-electron chi connectivity index (χ0n) is 9.81. The van der Waals surface area contributed by atoms with Gasteiger partial charge in [-0.3, -0.25) is 9.69 Å². The minimum Gasteiger partial charge on any atom is -0.480 e. The summed E-state index contributed by atoms with van der Waals surface area (Å²) in [6.45, 7) is -0.352. The number of likely N-dealkylation sites (N-methyl/N-ethyl adjacent to an activating group) is 1. The number of halogens is 3. The lowest BCUT2D eigenvalue weighted by molar-refractivity contribution is -0.149. The fourth-order valence-corrected chi connectivity index (χ4v) is 1.65. The van der Waals surface area contributed by atoms with Crippen LogP contribution in [0.4, 0.5) is 13.2 Å². The molecule has 18 heavy (non-hydrogen) atoms. The molecule has 1 N–H and O–H groups in total. The van der Waals surface area contributed by atoms with Crippen molar-refractivity contribution < 1.29 is 23.1 Å². The molecule has 0 bridgehead atoms. The largest absolute Gasteiger partial charge is 0.480 e. The summed E-state index contributed by atoms with van der Waals surface area (Å²) in [6, 6.07) is 7.14. The fourth-order valence-electron chi connectivity index (χ4n) is 1.65. The molecular weight excluding hydrogens is 247 g/mol. The van der Waals surface area contributed by atoms with Gasteiger partial charge in [0.15, 0.2) is 0 Å². The minimum absolute atomic E-state index is 0.352. The lowest BCUT2D eigenvalue weighted by Crippen LogP contribution is -2.33. The van der Waals surface area contributed by atoms with Crippen LogP contribution in [0.1, 0.15) is 18.0 Å². The van der Waals surface area contributed by atoms with E-state index in [9.17, 15) is 18.0 Å². The van der Waals surface area contributed by atoms with Crippen LogP contribution < -0.4 is 0 Å². The zero-order valence-corrected chi connectivity index (χ0v) is 9.81. The maximum atomic E-state index is 12.1. The predicted octanol–water partition coefficient (Wildman–Crippen LogP) is 2.70. The number of aliphatic carboxylic acids is 1.